The van der Waals surface area contributed by atoms with Crippen LogP contribution in [0.4, 0.5) is 10.5 Å². The van der Waals surface area contributed by atoms with Crippen LogP contribution in [0.15, 0.2) is 77.6 Å². The number of hydrogen-bond donors (Lipinski definition) is 4. The minimum atomic E-state index is -0.837. The Bertz CT molecular complexity index is 1790. The highest BCUT2D eigenvalue weighted by molar-refractivity contribution is 5.99. The van der Waals surface area contributed by atoms with Gasteiger partial charge < -0.3 is 26.1 Å². The number of ether oxygens (including phenoxy) is 1. The molecular formula is C36H39N5O5. The Morgan fingerprint density at radius 3 is 2.43 bits per heavy atom. The Morgan fingerprint density at radius 1 is 1.00 bits per heavy atom. The fourth-order valence-corrected chi connectivity index (χ4v) is 6.71. The standard InChI is InChI=1S/C36H39N5O5/c1-22-19-33(42)39-31-20-23(15-16-24(22)31)38-34(43)30(13-6-7-17-37)40-35(44)32-14-8-18-41(32)36(45)46-21-29-27-11-4-2-9-25(27)26-10-3-5-12-28(26)29/h2-5,9-12,15-16,19-20,29-30,32H,6-8,13-14,17-18,21,37H2,1H3,(H,38,43)(H,39,42)(H,40,44)/t30-,32-/m0/s1. The van der Waals surface area contributed by atoms with Crippen molar-refractivity contribution < 1.29 is 19.1 Å². The second kappa shape index (κ2) is 13.6. The van der Waals surface area contributed by atoms with Crippen LogP contribution in [-0.2, 0) is 14.3 Å². The first-order valence-electron chi connectivity index (χ1n) is 15.9. The number of fused-ring (bicyclic) bond motifs is 4. The Morgan fingerprint density at radius 2 is 1.72 bits per heavy atom. The van der Waals surface area contributed by atoms with E-state index in [9.17, 15) is 19.2 Å². The molecule has 2 heterocycles. The van der Waals surface area contributed by atoms with Crippen molar-refractivity contribution in [3.05, 3.63) is 99.8 Å². The maximum Gasteiger partial charge on any atom is 0.410 e. The lowest BCUT2D eigenvalue weighted by Crippen LogP contribution is -2.52. The van der Waals surface area contributed by atoms with Crippen LogP contribution in [0, 0.1) is 6.92 Å². The highest BCUT2D eigenvalue weighted by Crippen LogP contribution is 2.44. The van der Waals surface area contributed by atoms with Crippen molar-refractivity contribution in [3.8, 4) is 11.1 Å². The van der Waals surface area contributed by atoms with Gasteiger partial charge in [0.1, 0.15) is 18.7 Å². The average Bonchev–Trinajstić information content (AvgIpc) is 3.67. The third kappa shape index (κ3) is 6.39. The highest BCUT2D eigenvalue weighted by Gasteiger charge is 2.38. The number of benzene rings is 3. The van der Waals surface area contributed by atoms with E-state index in [4.69, 9.17) is 10.5 Å². The van der Waals surface area contributed by atoms with Gasteiger partial charge in [-0.25, -0.2) is 4.79 Å². The lowest BCUT2D eigenvalue weighted by Gasteiger charge is -2.26. The van der Waals surface area contributed by atoms with Gasteiger partial charge in [0.15, 0.2) is 0 Å². The maximum absolute atomic E-state index is 13.6. The number of aryl methyl sites for hydroxylation is 1. The van der Waals surface area contributed by atoms with E-state index in [1.807, 2.05) is 37.3 Å². The van der Waals surface area contributed by atoms with Gasteiger partial charge in [-0.1, -0.05) is 54.6 Å². The lowest BCUT2D eigenvalue weighted by molar-refractivity contribution is -0.129. The van der Waals surface area contributed by atoms with Gasteiger partial charge in [-0.15, -0.1) is 0 Å². The van der Waals surface area contributed by atoms with Gasteiger partial charge in [0.05, 0.1) is 5.52 Å². The number of rotatable bonds is 10. The number of likely N-dealkylation sites (tertiary alicyclic amines) is 1. The molecule has 4 aromatic rings. The van der Waals surface area contributed by atoms with E-state index >= 15 is 0 Å². The predicted molar refractivity (Wildman–Crippen MR) is 178 cm³/mol. The molecule has 3 aromatic carbocycles. The number of aromatic amines is 1. The van der Waals surface area contributed by atoms with Crippen LogP contribution in [0.25, 0.3) is 22.0 Å². The molecule has 1 saturated heterocycles. The fraction of sp³-hybridized carbons (Fsp3) is 0.333. The summed E-state index contributed by atoms with van der Waals surface area (Å²) in [6.45, 7) is 2.89. The molecule has 0 unspecified atom stereocenters. The molecule has 0 spiro atoms. The van der Waals surface area contributed by atoms with Crippen LogP contribution < -0.4 is 21.9 Å². The topological polar surface area (TPSA) is 147 Å². The number of nitrogens with two attached hydrogens (primary N) is 1. The summed E-state index contributed by atoms with van der Waals surface area (Å²) in [5.74, 6) is -0.860. The zero-order valence-corrected chi connectivity index (χ0v) is 25.9. The molecule has 46 heavy (non-hydrogen) atoms. The molecular weight excluding hydrogens is 582 g/mol. The SMILES string of the molecule is Cc1cc(=O)[nH]c2cc(NC(=O)[C@H](CCCCN)NC(=O)[C@@H]3CCCN3C(=O)OCC3c4ccccc4-c4ccccc43)ccc12. The van der Waals surface area contributed by atoms with Crippen molar-refractivity contribution in [1.29, 1.82) is 0 Å². The predicted octanol–water partition coefficient (Wildman–Crippen LogP) is 4.80. The minimum Gasteiger partial charge on any atom is -0.448 e. The third-order valence-electron chi connectivity index (χ3n) is 9.02. The normalized spacial score (nSPS) is 16.1. The molecule has 1 fully saturated rings. The van der Waals surface area contributed by atoms with Crippen LogP contribution in [-0.4, -0.2) is 59.6 Å². The Hall–Kier alpha value is -4.96. The molecule has 0 radical (unpaired) electrons. The molecule has 1 aliphatic carbocycles. The number of nitrogens with one attached hydrogen (secondary N) is 3. The van der Waals surface area contributed by atoms with Crippen molar-refractivity contribution in [3.63, 3.8) is 0 Å². The van der Waals surface area contributed by atoms with Gasteiger partial charge in [-0.2, -0.15) is 0 Å². The van der Waals surface area contributed by atoms with Crippen LogP contribution in [0.1, 0.15) is 54.7 Å². The van der Waals surface area contributed by atoms with Crippen molar-refractivity contribution in [2.45, 2.75) is 57.0 Å². The summed E-state index contributed by atoms with van der Waals surface area (Å²) in [4.78, 5) is 56.7. The number of H-pyrrole nitrogens is 1. The molecule has 2 aliphatic rings. The van der Waals surface area contributed by atoms with E-state index in [1.165, 1.54) is 11.0 Å². The van der Waals surface area contributed by atoms with Crippen molar-refractivity contribution in [2.24, 2.45) is 5.73 Å². The van der Waals surface area contributed by atoms with Crippen LogP contribution in [0.3, 0.4) is 0 Å². The summed E-state index contributed by atoms with van der Waals surface area (Å²) in [5.41, 5.74) is 11.9. The molecule has 10 nitrogen and oxygen atoms in total. The van der Waals surface area contributed by atoms with Gasteiger partial charge in [0, 0.05) is 29.6 Å². The summed E-state index contributed by atoms with van der Waals surface area (Å²) in [7, 11) is 0. The van der Waals surface area contributed by atoms with Gasteiger partial charge in [-0.3, -0.25) is 19.3 Å². The molecule has 1 aromatic heterocycles. The number of amides is 3. The number of anilines is 1. The third-order valence-corrected chi connectivity index (χ3v) is 9.02. The first-order chi connectivity index (χ1) is 22.3. The van der Waals surface area contributed by atoms with Gasteiger partial charge in [-0.05, 0) is 85.5 Å². The summed E-state index contributed by atoms with van der Waals surface area (Å²) in [6.07, 6.45) is 2.32. The summed E-state index contributed by atoms with van der Waals surface area (Å²) in [6, 6.07) is 21.5. The van der Waals surface area contributed by atoms with E-state index in [1.54, 1.807) is 12.1 Å². The summed E-state index contributed by atoms with van der Waals surface area (Å²) >= 11 is 0. The number of nitrogens with zero attached hydrogens (tertiary/aromatic N) is 1. The second-order valence-electron chi connectivity index (χ2n) is 12.1. The highest BCUT2D eigenvalue weighted by atomic mass is 16.6. The quantitative estimate of drug-likeness (QED) is 0.187. The van der Waals surface area contributed by atoms with E-state index in [-0.39, 0.29) is 24.0 Å². The Labute approximate surface area is 267 Å². The Balaban J connectivity index is 1.12. The number of carbonyl (C=O) groups is 3. The van der Waals surface area contributed by atoms with Crippen molar-refractivity contribution >= 4 is 34.5 Å². The lowest BCUT2D eigenvalue weighted by atomic mass is 9.98. The molecule has 10 heteroatoms. The van der Waals surface area contributed by atoms with Gasteiger partial charge in [0.2, 0.25) is 17.4 Å². The van der Waals surface area contributed by atoms with Crippen LogP contribution in [0.2, 0.25) is 0 Å². The fourth-order valence-electron chi connectivity index (χ4n) is 6.71. The molecule has 5 N–H and O–H groups in total. The van der Waals surface area contributed by atoms with E-state index in [0.717, 1.165) is 33.2 Å². The first kappa shape index (κ1) is 31.0. The number of hydrogen-bond acceptors (Lipinski definition) is 6. The maximum atomic E-state index is 13.6. The van der Waals surface area contributed by atoms with Crippen molar-refractivity contribution in [2.75, 3.05) is 25.0 Å². The largest absolute Gasteiger partial charge is 0.448 e. The first-order valence-corrected chi connectivity index (χ1v) is 15.9. The van der Waals surface area contributed by atoms with E-state index in [2.05, 4.69) is 39.9 Å². The number of pyridine rings is 1. The monoisotopic (exact) mass is 621 g/mol. The molecule has 2 atom stereocenters. The van der Waals surface area contributed by atoms with E-state index in [0.29, 0.717) is 56.4 Å². The average molecular weight is 622 g/mol. The molecule has 238 valence electrons. The smallest absolute Gasteiger partial charge is 0.410 e. The van der Waals surface area contributed by atoms with Crippen molar-refractivity contribution in [1.82, 2.24) is 15.2 Å². The number of carbonyl (C=O) groups excluding carboxylic acids is 3. The molecule has 0 saturated carbocycles. The summed E-state index contributed by atoms with van der Waals surface area (Å²) in [5, 5.41) is 6.66. The molecule has 1 aliphatic heterocycles. The number of aromatic nitrogens is 1. The molecule has 3 amide bonds. The molecule has 6 rings (SSSR count). The van der Waals surface area contributed by atoms with Crippen LogP contribution >= 0.6 is 0 Å². The van der Waals surface area contributed by atoms with Crippen LogP contribution in [0.5, 0.6) is 0 Å². The zero-order chi connectivity index (χ0) is 32.2. The zero-order valence-electron chi connectivity index (χ0n) is 25.9. The summed E-state index contributed by atoms with van der Waals surface area (Å²) < 4.78 is 5.86. The second-order valence-corrected chi connectivity index (χ2v) is 12.1. The Kier molecular flexibility index (Phi) is 9.16. The number of unbranched alkanes of at least 4 members (excludes halogenated alkanes) is 1. The van der Waals surface area contributed by atoms with Gasteiger partial charge in [0.25, 0.3) is 0 Å². The molecule has 0 bridgehead atoms. The van der Waals surface area contributed by atoms with Gasteiger partial charge >= 0.3 is 6.09 Å². The minimum absolute atomic E-state index is 0.0845. The van der Waals surface area contributed by atoms with E-state index < -0.39 is 24.1 Å².